The lowest BCUT2D eigenvalue weighted by Crippen LogP contribution is -2.47. The minimum atomic E-state index is 0.304. The van der Waals surface area contributed by atoms with Crippen molar-refractivity contribution >= 4 is 45.5 Å². The molecule has 0 spiro atoms. The van der Waals surface area contributed by atoms with Crippen molar-refractivity contribution in [2.24, 2.45) is 5.41 Å². The number of pyridine rings is 1. The predicted octanol–water partition coefficient (Wildman–Crippen LogP) is 7.03. The molecule has 0 bridgehead atoms. The Balaban J connectivity index is 1.24. The SMILES string of the molecule is COc1cc(Nc2c(C#N)cnc3cc(OCCCN4CCN(CCOCCOCCC(C)(C)C)CC4)c(OC)cc23)c(Cl)cc1Cl. The topological polar surface area (TPSA) is 101 Å². The van der Waals surface area contributed by atoms with Gasteiger partial charge in [0, 0.05) is 69.6 Å². The van der Waals surface area contributed by atoms with E-state index in [-0.39, 0.29) is 0 Å². The van der Waals surface area contributed by atoms with Crippen LogP contribution in [-0.4, -0.2) is 101 Å². The van der Waals surface area contributed by atoms with Crippen molar-refractivity contribution in [3.8, 4) is 23.3 Å². The van der Waals surface area contributed by atoms with Crippen LogP contribution in [0, 0.1) is 16.7 Å². The van der Waals surface area contributed by atoms with E-state index in [0.717, 1.165) is 65.3 Å². The molecule has 12 heteroatoms. The first-order valence-corrected chi connectivity index (χ1v) is 16.8. The van der Waals surface area contributed by atoms with Crippen LogP contribution in [0.15, 0.2) is 30.5 Å². The summed E-state index contributed by atoms with van der Waals surface area (Å²) in [5.74, 6) is 1.60. The summed E-state index contributed by atoms with van der Waals surface area (Å²) < 4.78 is 28.7. The summed E-state index contributed by atoms with van der Waals surface area (Å²) in [7, 11) is 3.12. The van der Waals surface area contributed by atoms with E-state index in [1.807, 2.05) is 12.1 Å². The molecule has 0 radical (unpaired) electrons. The summed E-state index contributed by atoms with van der Waals surface area (Å²) in [5, 5.41) is 14.6. The molecule has 0 amide bonds. The van der Waals surface area contributed by atoms with E-state index in [9.17, 15) is 5.26 Å². The molecular weight excluding hydrogens is 641 g/mol. The van der Waals surface area contributed by atoms with Gasteiger partial charge >= 0.3 is 0 Å². The average Bonchev–Trinajstić information content (AvgIpc) is 3.05. The van der Waals surface area contributed by atoms with E-state index in [1.165, 1.54) is 13.3 Å². The number of anilines is 2. The molecule has 1 aliphatic rings. The monoisotopic (exact) mass is 687 g/mol. The fourth-order valence-corrected chi connectivity index (χ4v) is 5.72. The third-order valence-corrected chi connectivity index (χ3v) is 8.64. The van der Waals surface area contributed by atoms with Gasteiger partial charge in [-0.15, -0.1) is 0 Å². The molecule has 1 aliphatic heterocycles. The Morgan fingerprint density at radius 3 is 2.17 bits per heavy atom. The van der Waals surface area contributed by atoms with Crippen molar-refractivity contribution in [3.63, 3.8) is 0 Å². The summed E-state index contributed by atoms with van der Waals surface area (Å²) in [6, 6.07) is 9.15. The number of nitrogens with one attached hydrogen (secondary N) is 1. The Kier molecular flexibility index (Phi) is 14.0. The molecule has 2 heterocycles. The molecule has 0 saturated carbocycles. The fourth-order valence-electron chi connectivity index (χ4n) is 5.21. The highest BCUT2D eigenvalue weighted by Crippen LogP contribution is 2.40. The lowest BCUT2D eigenvalue weighted by molar-refractivity contribution is 0.0254. The van der Waals surface area contributed by atoms with Crippen molar-refractivity contribution in [3.05, 3.63) is 46.1 Å². The van der Waals surface area contributed by atoms with Crippen molar-refractivity contribution in [2.75, 3.05) is 91.8 Å². The molecule has 4 rings (SSSR count). The Labute approximate surface area is 288 Å². The van der Waals surface area contributed by atoms with Gasteiger partial charge in [0.1, 0.15) is 11.8 Å². The van der Waals surface area contributed by atoms with Crippen LogP contribution < -0.4 is 19.5 Å². The molecule has 1 saturated heterocycles. The molecule has 2 aromatic carbocycles. The smallest absolute Gasteiger partial charge is 0.163 e. The number of methoxy groups -OCH3 is 2. The number of rotatable bonds is 17. The summed E-state index contributed by atoms with van der Waals surface area (Å²) in [6.07, 6.45) is 3.46. The number of benzene rings is 2. The summed E-state index contributed by atoms with van der Waals surface area (Å²) in [6.45, 7) is 16.1. The Hall–Kier alpha value is -3.04. The number of nitriles is 1. The van der Waals surface area contributed by atoms with Gasteiger partial charge in [0.15, 0.2) is 11.5 Å². The highest BCUT2D eigenvalue weighted by molar-refractivity contribution is 6.37. The molecule has 0 unspecified atom stereocenters. The van der Waals surface area contributed by atoms with Crippen LogP contribution in [0.2, 0.25) is 10.0 Å². The van der Waals surface area contributed by atoms with Gasteiger partial charge in [0.05, 0.1) is 73.1 Å². The van der Waals surface area contributed by atoms with Crippen molar-refractivity contribution in [2.45, 2.75) is 33.6 Å². The van der Waals surface area contributed by atoms with E-state index < -0.39 is 0 Å². The van der Waals surface area contributed by atoms with E-state index >= 15 is 0 Å². The van der Waals surface area contributed by atoms with Gasteiger partial charge in [0.25, 0.3) is 0 Å². The highest BCUT2D eigenvalue weighted by Gasteiger charge is 2.19. The minimum Gasteiger partial charge on any atom is -0.495 e. The molecule has 10 nitrogen and oxygen atoms in total. The maximum absolute atomic E-state index is 9.84. The van der Waals surface area contributed by atoms with Crippen LogP contribution in [0.25, 0.3) is 10.9 Å². The van der Waals surface area contributed by atoms with Gasteiger partial charge in [-0.2, -0.15) is 5.26 Å². The largest absolute Gasteiger partial charge is 0.495 e. The summed E-state index contributed by atoms with van der Waals surface area (Å²) >= 11 is 12.7. The zero-order valence-corrected chi connectivity index (χ0v) is 29.7. The van der Waals surface area contributed by atoms with Gasteiger partial charge in [-0.1, -0.05) is 44.0 Å². The first kappa shape index (κ1) is 36.8. The molecule has 3 aromatic rings. The minimum absolute atomic E-state index is 0.304. The van der Waals surface area contributed by atoms with E-state index in [2.05, 4.69) is 46.9 Å². The number of fused-ring (bicyclic) bond motifs is 1. The lowest BCUT2D eigenvalue weighted by atomic mass is 9.93. The summed E-state index contributed by atoms with van der Waals surface area (Å²) in [4.78, 5) is 9.45. The molecule has 0 atom stereocenters. The molecule has 1 aromatic heterocycles. The Bertz CT molecular complexity index is 1500. The number of hydrogen-bond donors (Lipinski definition) is 1. The Morgan fingerprint density at radius 2 is 1.51 bits per heavy atom. The van der Waals surface area contributed by atoms with Crippen molar-refractivity contribution in [1.82, 2.24) is 14.8 Å². The Morgan fingerprint density at radius 1 is 0.830 bits per heavy atom. The van der Waals surface area contributed by atoms with Crippen LogP contribution >= 0.6 is 23.2 Å². The summed E-state index contributed by atoms with van der Waals surface area (Å²) in [5.41, 5.74) is 2.38. The average molecular weight is 689 g/mol. The maximum atomic E-state index is 9.84. The zero-order chi connectivity index (χ0) is 33.8. The van der Waals surface area contributed by atoms with Crippen LogP contribution in [0.3, 0.4) is 0 Å². The van der Waals surface area contributed by atoms with Gasteiger partial charge < -0.3 is 33.9 Å². The van der Waals surface area contributed by atoms with Gasteiger partial charge in [-0.25, -0.2) is 0 Å². The van der Waals surface area contributed by atoms with Crippen molar-refractivity contribution < 1.29 is 23.7 Å². The van der Waals surface area contributed by atoms with Crippen LogP contribution in [0.5, 0.6) is 17.2 Å². The third kappa shape index (κ3) is 11.0. The number of ether oxygens (including phenoxy) is 5. The second-order valence-corrected chi connectivity index (χ2v) is 13.5. The maximum Gasteiger partial charge on any atom is 0.163 e. The first-order chi connectivity index (χ1) is 22.6. The molecule has 1 fully saturated rings. The van der Waals surface area contributed by atoms with Gasteiger partial charge in [-0.05, 0) is 30.4 Å². The van der Waals surface area contributed by atoms with E-state index in [4.69, 9.17) is 46.9 Å². The number of piperazine rings is 1. The molecule has 256 valence electrons. The molecule has 1 N–H and O–H groups in total. The number of aromatic nitrogens is 1. The molecule has 0 aliphatic carbocycles. The van der Waals surface area contributed by atoms with Crippen LogP contribution in [-0.2, 0) is 9.47 Å². The molecular formula is C35H47Cl2N5O5. The highest BCUT2D eigenvalue weighted by atomic mass is 35.5. The second-order valence-electron chi connectivity index (χ2n) is 12.7. The van der Waals surface area contributed by atoms with E-state index in [0.29, 0.717) is 80.4 Å². The number of nitrogens with zero attached hydrogens (tertiary/aromatic N) is 4. The lowest BCUT2D eigenvalue weighted by Gasteiger charge is -2.34. The van der Waals surface area contributed by atoms with Crippen LogP contribution in [0.4, 0.5) is 11.4 Å². The quantitative estimate of drug-likeness (QED) is 0.149. The first-order valence-electron chi connectivity index (χ1n) is 16.1. The number of halogens is 2. The van der Waals surface area contributed by atoms with Crippen LogP contribution in [0.1, 0.15) is 39.2 Å². The second kappa shape index (κ2) is 17.9. The normalized spacial score (nSPS) is 14.3. The zero-order valence-electron chi connectivity index (χ0n) is 28.2. The van der Waals surface area contributed by atoms with Crippen molar-refractivity contribution in [1.29, 1.82) is 5.26 Å². The standard InChI is InChI=1S/C35H47Cl2N5O5/c1-35(2,3)7-15-45-17-18-46-16-13-42-11-9-41(10-12-42)8-6-14-47-33-21-29-26(19-32(33)44-5)34(25(23-38)24-39-29)40-30-22-31(43-4)28(37)20-27(30)36/h19-22,24H,6-18H2,1-5H3,(H,39,40). The van der Waals surface area contributed by atoms with Gasteiger partial charge in [0.2, 0.25) is 0 Å². The van der Waals surface area contributed by atoms with E-state index in [1.54, 1.807) is 19.2 Å². The predicted molar refractivity (Wildman–Crippen MR) is 188 cm³/mol. The fraction of sp³-hybridized carbons (Fsp3) is 0.543. The third-order valence-electron chi connectivity index (χ3n) is 8.04. The van der Waals surface area contributed by atoms with Gasteiger partial charge in [-0.3, -0.25) is 9.88 Å². The number of hydrogen-bond acceptors (Lipinski definition) is 10. The molecule has 47 heavy (non-hydrogen) atoms.